The Hall–Kier alpha value is -4.57. The van der Waals surface area contributed by atoms with Gasteiger partial charge in [-0.15, -0.1) is 0 Å². The normalized spacial score (nSPS) is 24.9. The number of alkyl carbamates (subject to hydrolysis) is 1. The number of carbonyl (C=O) groups excluding carboxylic acids is 3. The number of amides is 3. The molecule has 320 valence electrons. The Kier molecular flexibility index (Phi) is 14.2. The highest BCUT2D eigenvalue weighted by Crippen LogP contribution is 2.48. The molecule has 3 aliphatic heterocycles. The van der Waals surface area contributed by atoms with Crippen LogP contribution in [0.3, 0.4) is 0 Å². The van der Waals surface area contributed by atoms with E-state index in [0.29, 0.717) is 70.4 Å². The van der Waals surface area contributed by atoms with Gasteiger partial charge in [0, 0.05) is 54.6 Å². The number of ether oxygens (including phenoxy) is 3. The zero-order valence-electron chi connectivity index (χ0n) is 34.9. The number of nitrogens with one attached hydrogen (secondary N) is 2. The van der Waals surface area contributed by atoms with Crippen LogP contribution in [0.2, 0.25) is 5.02 Å². The molecule has 2 N–H and O–H groups in total. The molecule has 0 aliphatic carbocycles. The number of epoxide rings is 1. The highest BCUT2D eigenvalue weighted by molar-refractivity contribution is 8.77. The van der Waals surface area contributed by atoms with E-state index in [1.807, 2.05) is 58.9 Å². The van der Waals surface area contributed by atoms with Crippen LogP contribution in [-0.2, 0) is 25.5 Å². The van der Waals surface area contributed by atoms with Gasteiger partial charge in [0.1, 0.15) is 23.1 Å². The first kappa shape index (κ1) is 45.0. The van der Waals surface area contributed by atoms with Crippen LogP contribution in [0.5, 0.6) is 5.75 Å². The van der Waals surface area contributed by atoms with E-state index >= 15 is 0 Å². The summed E-state index contributed by atoms with van der Waals surface area (Å²) in [5, 5.41) is 17.8. The molecular weight excluding hydrogens is 826 g/mol. The van der Waals surface area contributed by atoms with E-state index < -0.39 is 16.6 Å². The van der Waals surface area contributed by atoms with Crippen molar-refractivity contribution in [2.75, 3.05) is 24.4 Å². The molecule has 3 aromatic rings. The average molecular weight is 879 g/mol. The second-order valence-electron chi connectivity index (χ2n) is 16.5. The van der Waals surface area contributed by atoms with E-state index in [-0.39, 0.29) is 59.3 Å². The van der Waals surface area contributed by atoms with E-state index in [1.165, 1.54) is 33.9 Å². The standard InChI is InChI=1S/C44H52ClN5O8S2/c1-26-10-8-9-11-30-24-35(57-42(53)47-30)27(2)41-44(5,58-41)19-17-39(52)49(6)34-21-28(20-26)22-36(56-7)40(34)29-12-14-33(32(45)23-29)48-37(51)16-18-43(3,4)60-59-38-15-13-31(25-46-38)50(54)55/h8-10,12-15,21-23,25,27,30,35,41H,11,16-20,24H2,1-7H3,(H,47,53)(H,48,51)/b9-8+,26-10+/t27-,30+,35+,41+,44+/m1/s1. The molecule has 3 aliphatic rings. The SMILES string of the molecule is COc1cc2cc(c1-c1ccc(NC(=O)CCC(C)(C)SSc3ccc([N+](=O)[O-])cn3)c(Cl)c1)N(C)C(=O)CC[C@]1(C)O[C@H]1[C@H](C)[C@@H]1C[C@H](C/C=C/C=C(\C)C2)NC(=O)O1. The van der Waals surface area contributed by atoms with Gasteiger partial charge in [0.25, 0.3) is 5.69 Å². The lowest BCUT2D eigenvalue weighted by atomic mass is 9.86. The summed E-state index contributed by atoms with van der Waals surface area (Å²) < 4.78 is 17.6. The maximum atomic E-state index is 14.1. The van der Waals surface area contributed by atoms with Crippen LogP contribution >= 0.6 is 33.2 Å². The van der Waals surface area contributed by atoms with Crippen molar-refractivity contribution < 1.29 is 33.5 Å². The highest BCUT2D eigenvalue weighted by Gasteiger charge is 2.57. The smallest absolute Gasteiger partial charge is 0.407 e. The molecule has 6 rings (SSSR count). The summed E-state index contributed by atoms with van der Waals surface area (Å²) in [5.74, 6) is 0.229. The quantitative estimate of drug-likeness (QED) is 0.0862. The predicted octanol–water partition coefficient (Wildman–Crippen LogP) is 10.1. The molecule has 4 heterocycles. The summed E-state index contributed by atoms with van der Waals surface area (Å²) >= 11 is 6.86. The van der Waals surface area contributed by atoms with Crippen molar-refractivity contribution in [3.8, 4) is 16.9 Å². The number of aromatic nitrogens is 1. The Bertz CT molecular complexity index is 2180. The number of allylic oxidation sites excluding steroid dienone is 3. The molecule has 1 aromatic heterocycles. The van der Waals surface area contributed by atoms with Crippen molar-refractivity contribution in [1.82, 2.24) is 10.3 Å². The minimum atomic E-state index is -0.525. The first-order chi connectivity index (χ1) is 28.4. The zero-order chi connectivity index (χ0) is 43.4. The summed E-state index contributed by atoms with van der Waals surface area (Å²) in [7, 11) is 6.30. The van der Waals surface area contributed by atoms with Crippen LogP contribution in [0, 0.1) is 16.0 Å². The Morgan fingerprint density at radius 1 is 1.22 bits per heavy atom. The number of nitrogens with zero attached hydrogens (tertiary/aromatic N) is 3. The van der Waals surface area contributed by atoms with E-state index in [1.54, 1.807) is 37.3 Å². The molecule has 5 atom stereocenters. The number of carbonyl (C=O) groups is 3. The Morgan fingerprint density at radius 3 is 2.70 bits per heavy atom. The summed E-state index contributed by atoms with van der Waals surface area (Å²) in [6.45, 7) is 10.2. The molecule has 3 amide bonds. The summed E-state index contributed by atoms with van der Waals surface area (Å²) in [4.78, 5) is 56.0. The van der Waals surface area contributed by atoms with E-state index in [9.17, 15) is 24.5 Å². The minimum absolute atomic E-state index is 0.0429. The molecule has 2 fully saturated rings. The van der Waals surface area contributed by atoms with Gasteiger partial charge in [-0.1, -0.05) is 59.2 Å². The molecule has 2 saturated heterocycles. The van der Waals surface area contributed by atoms with Crippen molar-refractivity contribution in [1.29, 1.82) is 0 Å². The molecule has 0 saturated carbocycles. The van der Waals surface area contributed by atoms with Crippen molar-refractivity contribution in [2.24, 2.45) is 5.92 Å². The average Bonchev–Trinajstić information content (AvgIpc) is 3.90. The lowest BCUT2D eigenvalue weighted by molar-refractivity contribution is -0.385. The lowest BCUT2D eigenvalue weighted by Crippen LogP contribution is -2.48. The zero-order valence-corrected chi connectivity index (χ0v) is 37.3. The maximum Gasteiger partial charge on any atom is 0.407 e. The van der Waals surface area contributed by atoms with Gasteiger partial charge in [-0.05, 0) is 106 Å². The summed E-state index contributed by atoms with van der Waals surface area (Å²) in [6.07, 6.45) is 9.97. The molecule has 2 aromatic carbocycles. The number of nitro groups is 1. The minimum Gasteiger partial charge on any atom is -0.496 e. The maximum absolute atomic E-state index is 14.1. The number of rotatable bonds is 10. The number of anilines is 2. The number of methoxy groups -OCH3 is 1. The fourth-order valence-electron chi connectivity index (χ4n) is 7.63. The van der Waals surface area contributed by atoms with Crippen molar-refractivity contribution in [3.63, 3.8) is 0 Å². The van der Waals surface area contributed by atoms with Gasteiger partial charge in [-0.2, -0.15) is 0 Å². The van der Waals surface area contributed by atoms with Gasteiger partial charge in [0.2, 0.25) is 11.8 Å². The third-order valence-corrected chi connectivity index (χ3v) is 14.8. The van der Waals surface area contributed by atoms with Crippen LogP contribution in [0.1, 0.15) is 78.7 Å². The van der Waals surface area contributed by atoms with Gasteiger partial charge >= 0.3 is 6.09 Å². The van der Waals surface area contributed by atoms with Crippen LogP contribution < -0.4 is 20.3 Å². The Labute approximate surface area is 364 Å². The van der Waals surface area contributed by atoms with Gasteiger partial charge < -0.3 is 29.7 Å². The topological polar surface area (TPSA) is 166 Å². The van der Waals surface area contributed by atoms with Gasteiger partial charge in [0.15, 0.2) is 0 Å². The van der Waals surface area contributed by atoms with Crippen molar-refractivity contribution in [2.45, 2.75) is 113 Å². The van der Waals surface area contributed by atoms with Crippen LogP contribution in [-0.4, -0.2) is 70.6 Å². The summed E-state index contributed by atoms with van der Waals surface area (Å²) in [5.41, 5.74) is 3.96. The van der Waals surface area contributed by atoms with Crippen LogP contribution in [0.25, 0.3) is 11.1 Å². The Morgan fingerprint density at radius 2 is 2.00 bits per heavy atom. The number of benzene rings is 2. The number of hydrogen-bond acceptors (Lipinski definition) is 11. The third kappa shape index (κ3) is 11.2. The second-order valence-corrected chi connectivity index (χ2v) is 19.8. The first-order valence-corrected chi connectivity index (χ1v) is 22.5. The van der Waals surface area contributed by atoms with E-state index in [4.69, 9.17) is 25.8 Å². The van der Waals surface area contributed by atoms with Crippen LogP contribution in [0.15, 0.2) is 77.5 Å². The van der Waals surface area contributed by atoms with E-state index in [2.05, 4.69) is 27.8 Å². The fraction of sp³-hybridized carbons (Fsp3) is 0.455. The molecule has 60 heavy (non-hydrogen) atoms. The highest BCUT2D eigenvalue weighted by atomic mass is 35.5. The number of pyridine rings is 1. The molecule has 0 radical (unpaired) electrons. The van der Waals surface area contributed by atoms with Crippen molar-refractivity contribution >= 4 is 68.2 Å². The van der Waals surface area contributed by atoms with Gasteiger partial charge in [-0.3, -0.25) is 19.7 Å². The van der Waals surface area contributed by atoms with Gasteiger partial charge in [-0.25, -0.2) is 9.78 Å². The first-order valence-electron chi connectivity index (χ1n) is 20.0. The lowest BCUT2D eigenvalue weighted by Gasteiger charge is -2.33. The number of fused-ring (bicyclic) bond motifs is 5. The van der Waals surface area contributed by atoms with Crippen molar-refractivity contribution in [3.05, 3.63) is 93.2 Å². The number of halogens is 1. The Balaban J connectivity index is 1.20. The fourth-order valence-corrected chi connectivity index (χ4v) is 10.1. The third-order valence-electron chi connectivity index (χ3n) is 11.2. The largest absolute Gasteiger partial charge is 0.496 e. The monoisotopic (exact) mass is 877 g/mol. The predicted molar refractivity (Wildman–Crippen MR) is 238 cm³/mol. The molecule has 0 unspecified atom stereocenters. The molecule has 4 bridgehead atoms. The molecule has 13 nitrogen and oxygen atoms in total. The summed E-state index contributed by atoms with van der Waals surface area (Å²) in [6, 6.07) is 12.3. The molecule has 0 spiro atoms. The number of hydrogen-bond donors (Lipinski definition) is 2. The molecule has 16 heteroatoms. The second kappa shape index (κ2) is 19.0. The van der Waals surface area contributed by atoms with Gasteiger partial charge in [0.05, 0.1) is 40.1 Å². The van der Waals surface area contributed by atoms with Crippen LogP contribution in [0.4, 0.5) is 21.9 Å². The molecular formula is C44H52ClN5O8S2. The van der Waals surface area contributed by atoms with E-state index in [0.717, 1.165) is 11.1 Å².